The Morgan fingerprint density at radius 2 is 2.19 bits per heavy atom. The molecule has 0 N–H and O–H groups in total. The van der Waals surface area contributed by atoms with E-state index in [1.807, 2.05) is 6.07 Å². The number of Topliss-reactive ketones (excluding diaryl/α,β-unsaturated/α-hetero) is 1. The van der Waals surface area contributed by atoms with E-state index in [1.165, 1.54) is 10.4 Å². The molecule has 0 aliphatic rings. The fraction of sp³-hybridized carbons (Fsp3) is 0.308. The highest BCUT2D eigenvalue weighted by Gasteiger charge is 2.08. The van der Waals surface area contributed by atoms with Crippen molar-refractivity contribution in [3.05, 3.63) is 44.3 Å². The van der Waals surface area contributed by atoms with Crippen LogP contribution in [-0.4, -0.2) is 5.78 Å². The minimum absolute atomic E-state index is 0.274. The molecular weight excluding hydrogens is 236 g/mol. The molecule has 2 heterocycles. The summed E-state index contributed by atoms with van der Waals surface area (Å²) in [4.78, 5) is 14.1. The molecule has 2 aromatic heterocycles. The molecule has 0 aliphatic carbocycles. The van der Waals surface area contributed by atoms with E-state index < -0.39 is 0 Å². The first-order valence-corrected chi connectivity index (χ1v) is 7.18. The molecule has 0 amide bonds. The second-order valence-corrected chi connectivity index (χ2v) is 5.62. The van der Waals surface area contributed by atoms with Gasteiger partial charge in [0.05, 0.1) is 4.88 Å². The van der Waals surface area contributed by atoms with Crippen molar-refractivity contribution in [3.63, 3.8) is 0 Å². The Morgan fingerprint density at radius 1 is 1.31 bits per heavy atom. The summed E-state index contributed by atoms with van der Waals surface area (Å²) in [5, 5.41) is 4.17. The maximum atomic E-state index is 11.9. The first-order valence-electron chi connectivity index (χ1n) is 5.42. The van der Waals surface area contributed by atoms with E-state index in [-0.39, 0.29) is 5.78 Å². The van der Waals surface area contributed by atoms with E-state index in [2.05, 4.69) is 29.8 Å². The minimum Gasteiger partial charge on any atom is -0.293 e. The highest BCUT2D eigenvalue weighted by atomic mass is 32.1. The average molecular weight is 250 g/mol. The average Bonchev–Trinajstić information content (AvgIpc) is 2.96. The fourth-order valence-corrected chi connectivity index (χ4v) is 3.15. The monoisotopic (exact) mass is 250 g/mol. The van der Waals surface area contributed by atoms with Gasteiger partial charge in [-0.3, -0.25) is 4.79 Å². The van der Waals surface area contributed by atoms with E-state index in [4.69, 9.17) is 0 Å². The van der Waals surface area contributed by atoms with Crippen molar-refractivity contribution in [3.8, 4) is 0 Å². The number of rotatable bonds is 5. The van der Waals surface area contributed by atoms with Gasteiger partial charge in [-0.2, -0.15) is 11.3 Å². The van der Waals surface area contributed by atoms with E-state index in [0.29, 0.717) is 6.42 Å². The first kappa shape index (κ1) is 11.6. The number of aryl methyl sites for hydroxylation is 2. The lowest BCUT2D eigenvalue weighted by Gasteiger charge is -1.96. The number of carbonyl (C=O) groups is 1. The van der Waals surface area contributed by atoms with Crippen molar-refractivity contribution in [1.29, 1.82) is 0 Å². The van der Waals surface area contributed by atoms with Gasteiger partial charge in [0.1, 0.15) is 0 Å². The highest BCUT2D eigenvalue weighted by Crippen LogP contribution is 2.19. The molecule has 2 rings (SSSR count). The van der Waals surface area contributed by atoms with Crippen molar-refractivity contribution in [2.75, 3.05) is 0 Å². The molecule has 0 atom stereocenters. The lowest BCUT2D eigenvalue weighted by atomic mass is 10.1. The van der Waals surface area contributed by atoms with Crippen LogP contribution in [0.4, 0.5) is 0 Å². The van der Waals surface area contributed by atoms with E-state index in [1.54, 1.807) is 22.7 Å². The quantitative estimate of drug-likeness (QED) is 0.727. The summed E-state index contributed by atoms with van der Waals surface area (Å²) < 4.78 is 0. The van der Waals surface area contributed by atoms with Gasteiger partial charge in [-0.15, -0.1) is 11.3 Å². The van der Waals surface area contributed by atoms with Gasteiger partial charge >= 0.3 is 0 Å². The molecule has 1 nitrogen and oxygen atoms in total. The largest absolute Gasteiger partial charge is 0.293 e. The van der Waals surface area contributed by atoms with Crippen molar-refractivity contribution in [2.45, 2.75) is 26.2 Å². The summed E-state index contributed by atoms with van der Waals surface area (Å²) in [7, 11) is 0. The van der Waals surface area contributed by atoms with E-state index >= 15 is 0 Å². The van der Waals surface area contributed by atoms with Crippen molar-refractivity contribution >= 4 is 28.5 Å². The van der Waals surface area contributed by atoms with Gasteiger partial charge in [0.15, 0.2) is 5.78 Å². The second-order valence-electron chi connectivity index (χ2n) is 3.67. The third-order valence-corrected chi connectivity index (χ3v) is 4.51. The fourth-order valence-electron chi connectivity index (χ4n) is 1.53. The van der Waals surface area contributed by atoms with Gasteiger partial charge in [0.25, 0.3) is 0 Å². The Kier molecular flexibility index (Phi) is 3.91. The molecule has 0 aromatic carbocycles. The van der Waals surface area contributed by atoms with E-state index in [9.17, 15) is 4.79 Å². The smallest absolute Gasteiger partial charge is 0.173 e. The Balaban J connectivity index is 1.93. The Labute approximate surface area is 104 Å². The van der Waals surface area contributed by atoms with Crippen molar-refractivity contribution < 1.29 is 4.79 Å². The van der Waals surface area contributed by atoms with Crippen LogP contribution in [0.2, 0.25) is 0 Å². The molecule has 0 aliphatic heterocycles. The molecule has 16 heavy (non-hydrogen) atoms. The number of hydrogen-bond donors (Lipinski definition) is 0. The maximum absolute atomic E-state index is 11.9. The van der Waals surface area contributed by atoms with Gasteiger partial charge in [-0.05, 0) is 47.4 Å². The number of thiophene rings is 2. The van der Waals surface area contributed by atoms with Gasteiger partial charge < -0.3 is 0 Å². The zero-order valence-electron chi connectivity index (χ0n) is 9.23. The van der Waals surface area contributed by atoms with Crippen LogP contribution in [0.3, 0.4) is 0 Å². The standard InChI is InChI=1S/C13H14OS2/c1-2-11-4-6-13(16-11)12(14)5-3-10-7-8-15-9-10/h4,6-9H,2-3,5H2,1H3. The van der Waals surface area contributed by atoms with Crippen LogP contribution < -0.4 is 0 Å². The van der Waals surface area contributed by atoms with Crippen LogP contribution in [0.25, 0.3) is 0 Å². The molecule has 0 saturated heterocycles. The zero-order chi connectivity index (χ0) is 11.4. The molecule has 2 aromatic rings. The molecule has 0 spiro atoms. The van der Waals surface area contributed by atoms with E-state index in [0.717, 1.165) is 17.7 Å². The summed E-state index contributed by atoms with van der Waals surface area (Å²) in [5.74, 6) is 0.274. The molecule has 0 saturated carbocycles. The van der Waals surface area contributed by atoms with Crippen LogP contribution in [0.15, 0.2) is 29.0 Å². The third kappa shape index (κ3) is 2.80. The lowest BCUT2D eigenvalue weighted by molar-refractivity contribution is 0.0987. The highest BCUT2D eigenvalue weighted by molar-refractivity contribution is 7.14. The Bertz CT molecular complexity index is 454. The van der Waals surface area contributed by atoms with Crippen LogP contribution in [-0.2, 0) is 12.8 Å². The molecule has 84 valence electrons. The van der Waals surface area contributed by atoms with Crippen molar-refractivity contribution in [1.82, 2.24) is 0 Å². The third-order valence-electron chi connectivity index (χ3n) is 2.51. The van der Waals surface area contributed by atoms with Gasteiger partial charge in [0.2, 0.25) is 0 Å². The summed E-state index contributed by atoms with van der Waals surface area (Å²) in [6, 6.07) is 6.10. The van der Waals surface area contributed by atoms with Crippen molar-refractivity contribution in [2.24, 2.45) is 0 Å². The number of ketones is 1. The molecule has 3 heteroatoms. The van der Waals surface area contributed by atoms with Gasteiger partial charge in [-0.1, -0.05) is 6.92 Å². The zero-order valence-corrected chi connectivity index (χ0v) is 10.9. The first-order chi connectivity index (χ1) is 7.79. The Hall–Kier alpha value is -0.930. The molecular formula is C13H14OS2. The topological polar surface area (TPSA) is 17.1 Å². The minimum atomic E-state index is 0.274. The van der Waals surface area contributed by atoms with Crippen LogP contribution >= 0.6 is 22.7 Å². The second kappa shape index (κ2) is 5.41. The predicted molar refractivity (Wildman–Crippen MR) is 70.7 cm³/mol. The number of hydrogen-bond acceptors (Lipinski definition) is 3. The molecule has 0 fully saturated rings. The molecule has 0 radical (unpaired) electrons. The Morgan fingerprint density at radius 3 is 2.81 bits per heavy atom. The van der Waals surface area contributed by atoms with Gasteiger partial charge in [0, 0.05) is 11.3 Å². The summed E-state index contributed by atoms with van der Waals surface area (Å²) in [6.45, 7) is 2.12. The molecule has 0 bridgehead atoms. The van der Waals surface area contributed by atoms with Crippen LogP contribution in [0.5, 0.6) is 0 Å². The SMILES string of the molecule is CCc1ccc(C(=O)CCc2ccsc2)s1. The lowest BCUT2D eigenvalue weighted by Crippen LogP contribution is -1.97. The van der Waals surface area contributed by atoms with Gasteiger partial charge in [-0.25, -0.2) is 0 Å². The van der Waals surface area contributed by atoms with Crippen LogP contribution in [0.1, 0.15) is 33.5 Å². The summed E-state index contributed by atoms with van der Waals surface area (Å²) in [5.41, 5.74) is 1.27. The van der Waals surface area contributed by atoms with Crippen LogP contribution in [0, 0.1) is 0 Å². The maximum Gasteiger partial charge on any atom is 0.173 e. The summed E-state index contributed by atoms with van der Waals surface area (Å²) in [6.07, 6.45) is 2.50. The normalized spacial score (nSPS) is 10.6. The molecule has 0 unspecified atom stereocenters. The predicted octanol–water partition coefficient (Wildman–Crippen LogP) is 4.19. The summed E-state index contributed by atoms with van der Waals surface area (Å²) >= 11 is 3.32. The number of carbonyl (C=O) groups excluding carboxylic acids is 1.